The van der Waals surface area contributed by atoms with E-state index in [1.54, 1.807) is 13.2 Å². The Morgan fingerprint density at radius 3 is 2.93 bits per heavy atom. The molecule has 15 heavy (non-hydrogen) atoms. The maximum atomic E-state index is 11.3. The molecule has 0 saturated heterocycles. The number of amides is 1. The molecule has 0 spiro atoms. The van der Waals surface area contributed by atoms with Crippen LogP contribution >= 0.6 is 0 Å². The van der Waals surface area contributed by atoms with Gasteiger partial charge in [-0.15, -0.1) is 0 Å². The van der Waals surface area contributed by atoms with Gasteiger partial charge in [-0.25, -0.2) is 0 Å². The van der Waals surface area contributed by atoms with Gasteiger partial charge in [0.2, 0.25) is 5.91 Å². The molecule has 0 aliphatic heterocycles. The molecule has 0 aliphatic rings. The molecule has 1 amide bonds. The molecule has 78 valence electrons. The first-order chi connectivity index (χ1) is 7.27. The van der Waals surface area contributed by atoms with Gasteiger partial charge in [-0.05, 0) is 6.07 Å². The Hall–Kier alpha value is -2.02. The fourth-order valence-electron chi connectivity index (χ4n) is 1.22. The van der Waals surface area contributed by atoms with Crippen molar-refractivity contribution < 1.29 is 9.53 Å². The largest absolute Gasteiger partial charge is 0.496 e. The Balaban J connectivity index is 2.64. The summed E-state index contributed by atoms with van der Waals surface area (Å²) < 4.78 is 5.11. The number of methoxy groups -OCH3 is 1. The van der Waals surface area contributed by atoms with Gasteiger partial charge >= 0.3 is 0 Å². The van der Waals surface area contributed by atoms with Crippen molar-refractivity contribution >= 4 is 5.91 Å². The number of carbonyl (C=O) groups is 1. The van der Waals surface area contributed by atoms with Crippen LogP contribution in [-0.2, 0) is 11.2 Å². The van der Waals surface area contributed by atoms with Crippen molar-refractivity contribution in [2.75, 3.05) is 13.7 Å². The summed E-state index contributed by atoms with van der Waals surface area (Å²) in [6.07, 6.45) is 0.228. The number of para-hydroxylation sites is 1. The van der Waals surface area contributed by atoms with Gasteiger partial charge in [0.25, 0.3) is 0 Å². The zero-order chi connectivity index (χ0) is 11.1. The van der Waals surface area contributed by atoms with Gasteiger partial charge in [0.05, 0.1) is 19.6 Å². The van der Waals surface area contributed by atoms with Crippen molar-refractivity contribution in [2.45, 2.75) is 6.42 Å². The quantitative estimate of drug-likeness (QED) is 0.740. The number of benzene rings is 1. The minimum atomic E-state index is -0.180. The Morgan fingerprint density at radius 1 is 1.53 bits per heavy atom. The maximum Gasteiger partial charge on any atom is 0.225 e. The summed E-state index contributed by atoms with van der Waals surface area (Å²) in [6, 6.07) is 9.16. The van der Waals surface area contributed by atoms with Crippen LogP contribution in [0.2, 0.25) is 0 Å². The number of rotatable bonds is 4. The fraction of sp³-hybridized carbons (Fsp3) is 0.273. The van der Waals surface area contributed by atoms with Crippen LogP contribution in [0.4, 0.5) is 0 Å². The van der Waals surface area contributed by atoms with E-state index in [2.05, 4.69) is 5.32 Å². The van der Waals surface area contributed by atoms with Crippen LogP contribution in [0.15, 0.2) is 24.3 Å². The molecule has 0 fully saturated rings. The molecule has 0 atom stereocenters. The normalized spacial score (nSPS) is 9.07. The number of nitrogens with zero attached hydrogens (tertiary/aromatic N) is 1. The maximum absolute atomic E-state index is 11.3. The monoisotopic (exact) mass is 204 g/mol. The first kappa shape index (κ1) is 11.1. The molecule has 4 heteroatoms. The highest BCUT2D eigenvalue weighted by atomic mass is 16.5. The number of hydrogen-bond donors (Lipinski definition) is 1. The minimum absolute atomic E-state index is 0.0357. The van der Waals surface area contributed by atoms with Gasteiger partial charge in [-0.3, -0.25) is 4.79 Å². The Morgan fingerprint density at radius 2 is 2.27 bits per heavy atom. The van der Waals surface area contributed by atoms with E-state index >= 15 is 0 Å². The van der Waals surface area contributed by atoms with E-state index in [0.717, 1.165) is 5.56 Å². The van der Waals surface area contributed by atoms with Crippen molar-refractivity contribution in [2.24, 2.45) is 0 Å². The SMILES string of the molecule is COc1ccccc1CC(=O)NCC#N. The molecular formula is C11H12N2O2. The van der Waals surface area contributed by atoms with Crippen LogP contribution in [-0.4, -0.2) is 19.6 Å². The van der Waals surface area contributed by atoms with Gasteiger partial charge in [-0.1, -0.05) is 18.2 Å². The van der Waals surface area contributed by atoms with E-state index in [9.17, 15) is 4.79 Å². The number of nitriles is 1. The van der Waals surface area contributed by atoms with E-state index in [-0.39, 0.29) is 18.9 Å². The van der Waals surface area contributed by atoms with Gasteiger partial charge < -0.3 is 10.1 Å². The lowest BCUT2D eigenvalue weighted by molar-refractivity contribution is -0.120. The van der Waals surface area contributed by atoms with Crippen LogP contribution in [0.1, 0.15) is 5.56 Å². The lowest BCUT2D eigenvalue weighted by Gasteiger charge is -2.07. The van der Waals surface area contributed by atoms with E-state index in [0.29, 0.717) is 5.75 Å². The highest BCUT2D eigenvalue weighted by Crippen LogP contribution is 2.17. The summed E-state index contributed by atoms with van der Waals surface area (Å²) in [5, 5.41) is 10.8. The van der Waals surface area contributed by atoms with E-state index in [1.165, 1.54) is 0 Å². The number of hydrogen-bond acceptors (Lipinski definition) is 3. The molecule has 0 radical (unpaired) electrons. The minimum Gasteiger partial charge on any atom is -0.496 e. The standard InChI is InChI=1S/C11H12N2O2/c1-15-10-5-3-2-4-9(10)8-11(14)13-7-6-12/h2-5H,7-8H2,1H3,(H,13,14). The van der Waals surface area contributed by atoms with Crippen molar-refractivity contribution in [1.82, 2.24) is 5.32 Å². The third-order valence-corrected chi connectivity index (χ3v) is 1.91. The van der Waals surface area contributed by atoms with E-state index in [1.807, 2.05) is 24.3 Å². The fourth-order valence-corrected chi connectivity index (χ4v) is 1.22. The summed E-state index contributed by atoms with van der Waals surface area (Å²) in [7, 11) is 1.56. The summed E-state index contributed by atoms with van der Waals surface area (Å²) in [4.78, 5) is 11.3. The molecule has 0 aromatic heterocycles. The summed E-state index contributed by atoms with van der Waals surface area (Å²) >= 11 is 0. The molecule has 0 bridgehead atoms. The topological polar surface area (TPSA) is 62.1 Å². The molecule has 0 aliphatic carbocycles. The summed E-state index contributed by atoms with van der Waals surface area (Å²) in [5.41, 5.74) is 0.815. The average Bonchev–Trinajstić information content (AvgIpc) is 2.27. The van der Waals surface area contributed by atoms with Gasteiger partial charge in [0.15, 0.2) is 0 Å². The van der Waals surface area contributed by atoms with Crippen LogP contribution < -0.4 is 10.1 Å². The van der Waals surface area contributed by atoms with E-state index in [4.69, 9.17) is 10.00 Å². The van der Waals surface area contributed by atoms with Crippen LogP contribution in [0.3, 0.4) is 0 Å². The van der Waals surface area contributed by atoms with Crippen molar-refractivity contribution in [3.63, 3.8) is 0 Å². The zero-order valence-corrected chi connectivity index (χ0v) is 8.49. The van der Waals surface area contributed by atoms with Crippen molar-refractivity contribution in [1.29, 1.82) is 5.26 Å². The second-order valence-electron chi connectivity index (χ2n) is 2.92. The number of nitrogens with one attached hydrogen (secondary N) is 1. The highest BCUT2D eigenvalue weighted by molar-refractivity contribution is 5.79. The zero-order valence-electron chi connectivity index (χ0n) is 8.49. The van der Waals surface area contributed by atoms with Crippen LogP contribution in [0.25, 0.3) is 0 Å². The van der Waals surface area contributed by atoms with Gasteiger partial charge in [0, 0.05) is 5.56 Å². The number of carbonyl (C=O) groups excluding carboxylic acids is 1. The first-order valence-electron chi connectivity index (χ1n) is 4.53. The lowest BCUT2D eigenvalue weighted by Crippen LogP contribution is -2.25. The Labute approximate surface area is 88.5 Å². The molecule has 0 heterocycles. The summed E-state index contributed by atoms with van der Waals surface area (Å²) in [5.74, 6) is 0.505. The number of ether oxygens (including phenoxy) is 1. The molecule has 1 aromatic carbocycles. The molecule has 0 saturated carbocycles. The van der Waals surface area contributed by atoms with Crippen molar-refractivity contribution in [3.8, 4) is 11.8 Å². The molecule has 1 N–H and O–H groups in total. The van der Waals surface area contributed by atoms with Crippen molar-refractivity contribution in [3.05, 3.63) is 29.8 Å². The second-order valence-corrected chi connectivity index (χ2v) is 2.92. The molecule has 1 rings (SSSR count). The predicted octanol–water partition coefficient (Wildman–Crippen LogP) is 0.877. The molecule has 1 aromatic rings. The third-order valence-electron chi connectivity index (χ3n) is 1.91. The smallest absolute Gasteiger partial charge is 0.225 e. The highest BCUT2D eigenvalue weighted by Gasteiger charge is 2.06. The lowest BCUT2D eigenvalue weighted by atomic mass is 10.1. The second kappa shape index (κ2) is 5.66. The Bertz CT molecular complexity index is 382. The van der Waals surface area contributed by atoms with Crippen LogP contribution in [0.5, 0.6) is 5.75 Å². The van der Waals surface area contributed by atoms with E-state index < -0.39 is 0 Å². The molecule has 0 unspecified atom stereocenters. The first-order valence-corrected chi connectivity index (χ1v) is 4.53. The average molecular weight is 204 g/mol. The third kappa shape index (κ3) is 3.31. The van der Waals surface area contributed by atoms with Crippen LogP contribution in [0, 0.1) is 11.3 Å². The van der Waals surface area contributed by atoms with Gasteiger partial charge in [0.1, 0.15) is 12.3 Å². The predicted molar refractivity (Wildman–Crippen MR) is 55.3 cm³/mol. The molecular weight excluding hydrogens is 192 g/mol. The summed E-state index contributed by atoms with van der Waals surface area (Å²) in [6.45, 7) is 0.0357. The van der Waals surface area contributed by atoms with Gasteiger partial charge in [-0.2, -0.15) is 5.26 Å². The Kier molecular flexibility index (Phi) is 4.17. The molecule has 4 nitrogen and oxygen atoms in total.